The van der Waals surface area contributed by atoms with Gasteiger partial charge < -0.3 is 15.4 Å². The van der Waals surface area contributed by atoms with Crippen LogP contribution in [0.2, 0.25) is 5.02 Å². The van der Waals surface area contributed by atoms with Gasteiger partial charge in [-0.25, -0.2) is 9.18 Å². The molecule has 0 unspecified atom stereocenters. The summed E-state index contributed by atoms with van der Waals surface area (Å²) in [5, 5.41) is 14.6. The van der Waals surface area contributed by atoms with Crippen LogP contribution in [0.3, 0.4) is 0 Å². The Balaban J connectivity index is 1.50. The number of hydrogen-bond acceptors (Lipinski definition) is 5. The summed E-state index contributed by atoms with van der Waals surface area (Å²) in [6.07, 6.45) is -0.429. The summed E-state index contributed by atoms with van der Waals surface area (Å²) in [7, 11) is 1.24. The number of hydrogen-bond donors (Lipinski definition) is 4. The van der Waals surface area contributed by atoms with Crippen molar-refractivity contribution >= 4 is 41.0 Å². The lowest BCUT2D eigenvalue weighted by Gasteiger charge is -2.18. The Hall–Kier alpha value is -4.70. The van der Waals surface area contributed by atoms with E-state index in [-0.39, 0.29) is 28.4 Å². The smallest absolute Gasteiger partial charge is 0.411 e. The third-order valence-corrected chi connectivity index (χ3v) is 5.85. The van der Waals surface area contributed by atoms with Gasteiger partial charge in [-0.05, 0) is 42.0 Å². The van der Waals surface area contributed by atoms with Crippen molar-refractivity contribution in [3.05, 3.63) is 101 Å². The predicted molar refractivity (Wildman–Crippen MR) is 141 cm³/mol. The van der Waals surface area contributed by atoms with Gasteiger partial charge >= 0.3 is 6.09 Å². The van der Waals surface area contributed by atoms with Crippen LogP contribution in [0.4, 0.5) is 20.7 Å². The summed E-state index contributed by atoms with van der Waals surface area (Å²) in [6.45, 7) is 0. The van der Waals surface area contributed by atoms with E-state index in [2.05, 4.69) is 30.9 Å². The monoisotopic (exact) mass is 535 g/mol. The van der Waals surface area contributed by atoms with Gasteiger partial charge in [-0.2, -0.15) is 5.10 Å². The molecule has 0 radical (unpaired) electrons. The van der Waals surface area contributed by atoms with Crippen molar-refractivity contribution in [3.8, 4) is 11.3 Å². The van der Waals surface area contributed by atoms with Crippen molar-refractivity contribution in [2.75, 3.05) is 17.7 Å². The number of methoxy groups -OCH3 is 1. The van der Waals surface area contributed by atoms with E-state index in [4.69, 9.17) is 11.6 Å². The maximum absolute atomic E-state index is 14.4. The van der Waals surface area contributed by atoms with E-state index < -0.39 is 29.8 Å². The molecule has 4 aromatic rings. The Bertz CT molecular complexity index is 1440. The number of amides is 3. The average Bonchev–Trinajstić information content (AvgIpc) is 3.38. The highest BCUT2D eigenvalue weighted by molar-refractivity contribution is 6.31. The first-order chi connectivity index (χ1) is 18.3. The normalized spacial score (nSPS) is 11.3. The molecule has 0 aliphatic heterocycles. The van der Waals surface area contributed by atoms with Crippen molar-refractivity contribution in [2.24, 2.45) is 0 Å². The first-order valence-corrected chi connectivity index (χ1v) is 11.8. The zero-order chi connectivity index (χ0) is 27.1. The summed E-state index contributed by atoms with van der Waals surface area (Å²) >= 11 is 5.87. The molecule has 0 saturated heterocycles. The number of benzene rings is 3. The summed E-state index contributed by atoms with van der Waals surface area (Å²) < 4.78 is 18.9. The molecule has 3 aromatic carbocycles. The van der Waals surface area contributed by atoms with E-state index in [1.165, 1.54) is 37.4 Å². The number of anilines is 2. The number of rotatable bonds is 8. The van der Waals surface area contributed by atoms with Crippen molar-refractivity contribution in [1.82, 2.24) is 15.5 Å². The van der Waals surface area contributed by atoms with E-state index in [0.717, 1.165) is 5.56 Å². The van der Waals surface area contributed by atoms with Crippen LogP contribution in [0.1, 0.15) is 15.9 Å². The van der Waals surface area contributed by atoms with Gasteiger partial charge in [0, 0.05) is 29.3 Å². The Labute approximate surface area is 222 Å². The van der Waals surface area contributed by atoms with E-state index >= 15 is 0 Å². The molecule has 3 amide bonds. The van der Waals surface area contributed by atoms with E-state index in [9.17, 15) is 18.8 Å². The maximum atomic E-state index is 14.4. The zero-order valence-corrected chi connectivity index (χ0v) is 20.9. The number of ether oxygens (including phenoxy) is 1. The highest BCUT2D eigenvalue weighted by Crippen LogP contribution is 2.27. The minimum Gasteiger partial charge on any atom is -0.453 e. The van der Waals surface area contributed by atoms with Gasteiger partial charge in [-0.3, -0.25) is 20.0 Å². The quantitative estimate of drug-likeness (QED) is 0.252. The standard InChI is InChI=1S/C27H23ClFN5O4/c1-38-27(37)30-18-12-10-17(11-13-18)25(35)31-22(14-16-6-3-2-4-7-16)26(36)32-23-15-21(33-34-23)19-8-5-9-20(28)24(19)29/h2-13,15,22H,14H2,1H3,(H,30,37)(H,31,35)(H2,32,33,34,36)/t22-/m0/s1. The molecule has 0 fully saturated rings. The van der Waals surface area contributed by atoms with Crippen molar-refractivity contribution in [2.45, 2.75) is 12.5 Å². The highest BCUT2D eigenvalue weighted by Gasteiger charge is 2.23. The van der Waals surface area contributed by atoms with Gasteiger partial charge in [-0.15, -0.1) is 0 Å². The van der Waals surface area contributed by atoms with Crippen molar-refractivity contribution < 1.29 is 23.5 Å². The number of nitrogens with zero attached hydrogens (tertiary/aromatic N) is 1. The second kappa shape index (κ2) is 12.0. The van der Waals surface area contributed by atoms with Crippen LogP contribution >= 0.6 is 11.6 Å². The lowest BCUT2D eigenvalue weighted by molar-refractivity contribution is -0.118. The first-order valence-electron chi connectivity index (χ1n) is 11.4. The van der Waals surface area contributed by atoms with Crippen LogP contribution in [0.25, 0.3) is 11.3 Å². The molecule has 11 heteroatoms. The maximum Gasteiger partial charge on any atom is 0.411 e. The SMILES string of the molecule is COC(=O)Nc1ccc(C(=O)N[C@@H](Cc2ccccc2)C(=O)Nc2cc(-c3cccc(Cl)c3F)[nH]n2)cc1. The topological polar surface area (TPSA) is 125 Å². The Kier molecular flexibility index (Phi) is 8.34. The summed E-state index contributed by atoms with van der Waals surface area (Å²) in [5.74, 6) is -1.47. The molecular weight excluding hydrogens is 513 g/mol. The molecule has 0 saturated carbocycles. The van der Waals surface area contributed by atoms with Crippen LogP contribution in [-0.4, -0.2) is 41.3 Å². The molecule has 0 aliphatic carbocycles. The van der Waals surface area contributed by atoms with Gasteiger partial charge in [-0.1, -0.05) is 48.0 Å². The first kappa shape index (κ1) is 26.4. The van der Waals surface area contributed by atoms with Crippen LogP contribution < -0.4 is 16.0 Å². The van der Waals surface area contributed by atoms with Gasteiger partial charge in [0.15, 0.2) is 11.6 Å². The molecule has 0 bridgehead atoms. The molecule has 1 aromatic heterocycles. The van der Waals surface area contributed by atoms with Crippen LogP contribution in [0, 0.1) is 5.82 Å². The Morgan fingerprint density at radius 1 is 1.00 bits per heavy atom. The largest absolute Gasteiger partial charge is 0.453 e. The number of halogens is 2. The summed E-state index contributed by atoms with van der Waals surface area (Å²) in [4.78, 5) is 37.6. The molecular formula is C27H23ClFN5O4. The number of carbonyl (C=O) groups excluding carboxylic acids is 3. The van der Waals surface area contributed by atoms with Gasteiger partial charge in [0.1, 0.15) is 6.04 Å². The number of H-pyrrole nitrogens is 1. The summed E-state index contributed by atoms with van der Waals surface area (Å²) in [6, 6.07) is 20.4. The van der Waals surface area contributed by atoms with E-state index in [0.29, 0.717) is 11.4 Å². The fourth-order valence-corrected chi connectivity index (χ4v) is 3.80. The van der Waals surface area contributed by atoms with Crippen molar-refractivity contribution in [3.63, 3.8) is 0 Å². The minimum absolute atomic E-state index is 0.0394. The second-order valence-corrected chi connectivity index (χ2v) is 8.57. The fourth-order valence-electron chi connectivity index (χ4n) is 3.62. The van der Waals surface area contributed by atoms with Gasteiger partial charge in [0.05, 0.1) is 17.8 Å². The van der Waals surface area contributed by atoms with Crippen LogP contribution in [-0.2, 0) is 16.0 Å². The molecule has 4 N–H and O–H groups in total. The molecule has 194 valence electrons. The molecule has 38 heavy (non-hydrogen) atoms. The third kappa shape index (κ3) is 6.54. The number of aromatic amines is 1. The zero-order valence-electron chi connectivity index (χ0n) is 20.1. The number of nitrogens with one attached hydrogen (secondary N) is 4. The second-order valence-electron chi connectivity index (χ2n) is 8.17. The molecule has 1 atom stereocenters. The molecule has 1 heterocycles. The summed E-state index contributed by atoms with van der Waals surface area (Å²) in [5.41, 5.74) is 2.07. The highest BCUT2D eigenvalue weighted by atomic mass is 35.5. The van der Waals surface area contributed by atoms with E-state index in [1.807, 2.05) is 30.3 Å². The molecule has 9 nitrogen and oxygen atoms in total. The average molecular weight is 536 g/mol. The Morgan fingerprint density at radius 2 is 1.74 bits per heavy atom. The van der Waals surface area contributed by atoms with Crippen LogP contribution in [0.5, 0.6) is 0 Å². The van der Waals surface area contributed by atoms with Gasteiger partial charge in [0.2, 0.25) is 5.91 Å². The predicted octanol–water partition coefficient (Wildman–Crippen LogP) is 5.03. The van der Waals surface area contributed by atoms with Crippen molar-refractivity contribution in [1.29, 1.82) is 0 Å². The molecule has 0 aliphatic rings. The fraction of sp³-hybridized carbons (Fsp3) is 0.111. The lowest BCUT2D eigenvalue weighted by Crippen LogP contribution is -2.45. The third-order valence-electron chi connectivity index (χ3n) is 5.55. The van der Waals surface area contributed by atoms with E-state index in [1.54, 1.807) is 18.2 Å². The molecule has 4 rings (SSSR count). The minimum atomic E-state index is -0.958. The molecule has 0 spiro atoms. The lowest BCUT2D eigenvalue weighted by atomic mass is 10.0. The Morgan fingerprint density at radius 3 is 2.45 bits per heavy atom. The van der Waals surface area contributed by atoms with Crippen LogP contribution in [0.15, 0.2) is 78.9 Å². The van der Waals surface area contributed by atoms with Gasteiger partial charge in [0.25, 0.3) is 5.91 Å². The number of carbonyl (C=O) groups is 3. The number of aromatic nitrogens is 2.